The summed E-state index contributed by atoms with van der Waals surface area (Å²) in [6, 6.07) is 13.7. The SMILES string of the molecule is CSc1ccc(C(=O)c2ccc(NS(C)(=O)=O)cc2)cc1. The van der Waals surface area contributed by atoms with Crippen molar-refractivity contribution in [2.24, 2.45) is 0 Å². The molecule has 21 heavy (non-hydrogen) atoms. The first-order valence-corrected chi connectivity index (χ1v) is 9.27. The summed E-state index contributed by atoms with van der Waals surface area (Å²) >= 11 is 1.62. The molecule has 0 aliphatic heterocycles. The number of carbonyl (C=O) groups is 1. The van der Waals surface area contributed by atoms with Crippen LogP contribution in [0.1, 0.15) is 15.9 Å². The number of sulfonamides is 1. The molecule has 0 aromatic heterocycles. The highest BCUT2D eigenvalue weighted by Gasteiger charge is 2.09. The van der Waals surface area contributed by atoms with Gasteiger partial charge in [-0.15, -0.1) is 11.8 Å². The molecule has 6 heteroatoms. The molecule has 0 heterocycles. The van der Waals surface area contributed by atoms with Crippen molar-refractivity contribution in [2.45, 2.75) is 4.90 Å². The molecule has 0 radical (unpaired) electrons. The van der Waals surface area contributed by atoms with Crippen LogP contribution in [0.2, 0.25) is 0 Å². The second kappa shape index (κ2) is 6.32. The summed E-state index contributed by atoms with van der Waals surface area (Å²) in [4.78, 5) is 13.4. The van der Waals surface area contributed by atoms with E-state index in [9.17, 15) is 13.2 Å². The van der Waals surface area contributed by atoms with E-state index >= 15 is 0 Å². The number of thioether (sulfide) groups is 1. The molecule has 4 nitrogen and oxygen atoms in total. The Balaban J connectivity index is 2.19. The average Bonchev–Trinajstić information content (AvgIpc) is 2.46. The van der Waals surface area contributed by atoms with Crippen LogP contribution in [0.3, 0.4) is 0 Å². The highest BCUT2D eigenvalue weighted by molar-refractivity contribution is 7.98. The van der Waals surface area contributed by atoms with Gasteiger partial charge in [0.15, 0.2) is 5.78 Å². The minimum Gasteiger partial charge on any atom is -0.289 e. The predicted molar refractivity (Wildman–Crippen MR) is 86.6 cm³/mol. The van der Waals surface area contributed by atoms with E-state index in [0.29, 0.717) is 16.8 Å². The van der Waals surface area contributed by atoms with E-state index in [-0.39, 0.29) is 5.78 Å². The zero-order valence-corrected chi connectivity index (χ0v) is 13.3. The van der Waals surface area contributed by atoms with Crippen LogP contribution in [0.15, 0.2) is 53.4 Å². The number of nitrogens with one attached hydrogen (secondary N) is 1. The lowest BCUT2D eigenvalue weighted by Gasteiger charge is -2.06. The Hall–Kier alpha value is -1.79. The topological polar surface area (TPSA) is 63.2 Å². The lowest BCUT2D eigenvalue weighted by molar-refractivity contribution is 0.103. The number of hydrogen-bond donors (Lipinski definition) is 1. The Morgan fingerprint density at radius 3 is 1.86 bits per heavy atom. The fourth-order valence-electron chi connectivity index (χ4n) is 1.81. The van der Waals surface area contributed by atoms with Crippen molar-refractivity contribution in [1.29, 1.82) is 0 Å². The fourth-order valence-corrected chi connectivity index (χ4v) is 2.79. The van der Waals surface area contributed by atoms with Gasteiger partial charge in [0.25, 0.3) is 0 Å². The number of hydrogen-bond acceptors (Lipinski definition) is 4. The van der Waals surface area contributed by atoms with Crippen LogP contribution in [-0.2, 0) is 10.0 Å². The van der Waals surface area contributed by atoms with Crippen molar-refractivity contribution >= 4 is 33.3 Å². The van der Waals surface area contributed by atoms with Gasteiger partial charge in [0.2, 0.25) is 10.0 Å². The molecule has 0 fully saturated rings. The zero-order valence-electron chi connectivity index (χ0n) is 11.7. The molecule has 0 saturated heterocycles. The molecule has 1 N–H and O–H groups in total. The van der Waals surface area contributed by atoms with Crippen LogP contribution in [0.25, 0.3) is 0 Å². The molecule has 0 bridgehead atoms. The van der Waals surface area contributed by atoms with Crippen molar-refractivity contribution in [2.75, 3.05) is 17.2 Å². The molecule has 0 spiro atoms. The predicted octanol–water partition coefficient (Wildman–Crippen LogP) is 3.01. The second-order valence-corrected chi connectivity index (χ2v) is 7.14. The van der Waals surface area contributed by atoms with Crippen molar-refractivity contribution in [1.82, 2.24) is 0 Å². The molecular formula is C15H15NO3S2. The Bertz CT molecular complexity index is 735. The lowest BCUT2D eigenvalue weighted by Crippen LogP contribution is -2.09. The van der Waals surface area contributed by atoms with Crippen LogP contribution >= 0.6 is 11.8 Å². The highest BCUT2D eigenvalue weighted by atomic mass is 32.2. The molecule has 2 rings (SSSR count). The van der Waals surface area contributed by atoms with Gasteiger partial charge in [0.1, 0.15) is 0 Å². The van der Waals surface area contributed by atoms with Gasteiger partial charge in [0.05, 0.1) is 6.26 Å². The van der Waals surface area contributed by atoms with Gasteiger partial charge >= 0.3 is 0 Å². The Kier molecular flexibility index (Phi) is 4.69. The van der Waals surface area contributed by atoms with Crippen molar-refractivity contribution in [3.63, 3.8) is 0 Å². The van der Waals surface area contributed by atoms with Gasteiger partial charge in [-0.1, -0.05) is 0 Å². The summed E-state index contributed by atoms with van der Waals surface area (Å²) in [5.41, 5.74) is 1.56. The maximum atomic E-state index is 12.3. The monoisotopic (exact) mass is 321 g/mol. The molecule has 0 aliphatic rings. The van der Waals surface area contributed by atoms with Crippen LogP contribution < -0.4 is 4.72 Å². The second-order valence-electron chi connectivity index (χ2n) is 4.51. The van der Waals surface area contributed by atoms with Gasteiger partial charge in [-0.05, 0) is 54.8 Å². The molecule has 0 unspecified atom stereocenters. The summed E-state index contributed by atoms with van der Waals surface area (Å²) < 4.78 is 24.6. The first-order valence-electron chi connectivity index (χ1n) is 6.15. The number of rotatable bonds is 5. The van der Waals surface area contributed by atoms with Crippen molar-refractivity contribution in [3.05, 3.63) is 59.7 Å². The molecule has 0 saturated carbocycles. The zero-order chi connectivity index (χ0) is 15.5. The van der Waals surface area contributed by atoms with Gasteiger partial charge in [-0.25, -0.2) is 8.42 Å². The van der Waals surface area contributed by atoms with Gasteiger partial charge < -0.3 is 0 Å². The quantitative estimate of drug-likeness (QED) is 0.679. The fraction of sp³-hybridized carbons (Fsp3) is 0.133. The molecule has 0 amide bonds. The van der Waals surface area contributed by atoms with Gasteiger partial charge in [-0.3, -0.25) is 9.52 Å². The number of benzene rings is 2. The third-order valence-corrected chi connectivity index (χ3v) is 4.15. The van der Waals surface area contributed by atoms with Crippen LogP contribution in [-0.4, -0.2) is 26.7 Å². The van der Waals surface area contributed by atoms with Crippen molar-refractivity contribution < 1.29 is 13.2 Å². The van der Waals surface area contributed by atoms with E-state index in [4.69, 9.17) is 0 Å². The molecule has 0 atom stereocenters. The summed E-state index contributed by atoms with van der Waals surface area (Å²) in [7, 11) is -3.31. The third-order valence-electron chi connectivity index (χ3n) is 2.80. The summed E-state index contributed by atoms with van der Waals surface area (Å²) in [5.74, 6) is -0.0893. The lowest BCUT2D eigenvalue weighted by atomic mass is 10.0. The smallest absolute Gasteiger partial charge is 0.229 e. The Morgan fingerprint density at radius 1 is 0.952 bits per heavy atom. The standard InChI is InChI=1S/C15H15NO3S2/c1-20-14-9-5-12(6-10-14)15(17)11-3-7-13(8-4-11)16-21(2,18)19/h3-10,16H,1-2H3. The van der Waals surface area contributed by atoms with Crippen LogP contribution in [0.5, 0.6) is 0 Å². The van der Waals surface area contributed by atoms with Crippen molar-refractivity contribution in [3.8, 4) is 0 Å². The van der Waals surface area contributed by atoms with E-state index in [0.717, 1.165) is 11.2 Å². The Labute approximate surface area is 128 Å². The largest absolute Gasteiger partial charge is 0.289 e. The van der Waals surface area contributed by atoms with Gasteiger partial charge in [0, 0.05) is 21.7 Å². The maximum Gasteiger partial charge on any atom is 0.229 e. The van der Waals surface area contributed by atoms with Crippen LogP contribution in [0.4, 0.5) is 5.69 Å². The number of anilines is 1. The average molecular weight is 321 g/mol. The third kappa shape index (κ3) is 4.34. The number of carbonyl (C=O) groups excluding carboxylic acids is 1. The summed E-state index contributed by atoms with van der Waals surface area (Å²) in [5, 5.41) is 0. The highest BCUT2D eigenvalue weighted by Crippen LogP contribution is 2.18. The van der Waals surface area contributed by atoms with E-state index in [1.165, 1.54) is 0 Å². The minimum atomic E-state index is -3.31. The molecule has 2 aromatic rings. The first kappa shape index (κ1) is 15.6. The minimum absolute atomic E-state index is 0.0893. The van der Waals surface area contributed by atoms with Crippen LogP contribution in [0, 0.1) is 0 Å². The Morgan fingerprint density at radius 2 is 1.43 bits per heavy atom. The van der Waals surface area contributed by atoms with E-state index < -0.39 is 10.0 Å². The van der Waals surface area contributed by atoms with E-state index in [1.807, 2.05) is 18.4 Å². The maximum absolute atomic E-state index is 12.3. The first-order chi connectivity index (χ1) is 9.89. The van der Waals surface area contributed by atoms with Gasteiger partial charge in [-0.2, -0.15) is 0 Å². The number of ketones is 1. The molecule has 0 aliphatic carbocycles. The van der Waals surface area contributed by atoms with E-state index in [2.05, 4.69) is 4.72 Å². The molecule has 2 aromatic carbocycles. The molecule has 110 valence electrons. The summed E-state index contributed by atoms with van der Waals surface area (Å²) in [6.45, 7) is 0. The molecular weight excluding hydrogens is 306 g/mol. The van der Waals surface area contributed by atoms with E-state index in [1.54, 1.807) is 48.2 Å². The summed E-state index contributed by atoms with van der Waals surface area (Å²) in [6.07, 6.45) is 3.06. The normalized spacial score (nSPS) is 11.1.